The zero-order valence-electron chi connectivity index (χ0n) is 20.9. The van der Waals surface area contributed by atoms with Crippen LogP contribution in [0.3, 0.4) is 0 Å². The molecule has 3 aromatic carbocycles. The van der Waals surface area contributed by atoms with Crippen molar-refractivity contribution in [3.05, 3.63) is 103 Å². The molecule has 192 valence electrons. The SMILES string of the molecule is CCCNC(=O)c1ccc(Cn2c(=O)c3cc(OC)c(OC)cc3n(Cc3cccc(Cl)c3)c2=O)cc1. The maximum Gasteiger partial charge on any atom is 0.332 e. The monoisotopic (exact) mass is 521 g/mol. The number of aromatic nitrogens is 2. The smallest absolute Gasteiger partial charge is 0.332 e. The number of hydrogen-bond acceptors (Lipinski definition) is 5. The minimum absolute atomic E-state index is 0.0361. The number of carbonyl (C=O) groups excluding carboxylic acids is 1. The molecule has 0 unspecified atom stereocenters. The van der Waals surface area contributed by atoms with Crippen molar-refractivity contribution < 1.29 is 14.3 Å². The van der Waals surface area contributed by atoms with Crippen LogP contribution in [0.1, 0.15) is 34.8 Å². The number of hydrogen-bond donors (Lipinski definition) is 1. The van der Waals surface area contributed by atoms with Crippen LogP contribution in [0.5, 0.6) is 11.5 Å². The van der Waals surface area contributed by atoms with Crippen molar-refractivity contribution in [2.75, 3.05) is 20.8 Å². The van der Waals surface area contributed by atoms with Gasteiger partial charge in [0.05, 0.1) is 38.2 Å². The van der Waals surface area contributed by atoms with E-state index in [0.29, 0.717) is 45.1 Å². The fourth-order valence-electron chi connectivity index (χ4n) is 4.14. The van der Waals surface area contributed by atoms with Gasteiger partial charge >= 0.3 is 5.69 Å². The van der Waals surface area contributed by atoms with Crippen LogP contribution in [0.2, 0.25) is 5.02 Å². The summed E-state index contributed by atoms with van der Waals surface area (Å²) in [6.07, 6.45) is 0.840. The van der Waals surface area contributed by atoms with Gasteiger partial charge in [-0.1, -0.05) is 42.8 Å². The predicted octanol–water partition coefficient (Wildman–Crippen LogP) is 4.07. The summed E-state index contributed by atoms with van der Waals surface area (Å²) in [5.41, 5.74) is 1.52. The van der Waals surface area contributed by atoms with Gasteiger partial charge in [0.15, 0.2) is 11.5 Å². The number of benzene rings is 3. The van der Waals surface area contributed by atoms with Gasteiger partial charge in [-0.15, -0.1) is 0 Å². The number of nitrogens with zero attached hydrogens (tertiary/aromatic N) is 2. The van der Waals surface area contributed by atoms with E-state index < -0.39 is 11.2 Å². The lowest BCUT2D eigenvalue weighted by Crippen LogP contribution is -2.40. The molecular weight excluding hydrogens is 494 g/mol. The Morgan fingerprint density at radius 1 is 0.892 bits per heavy atom. The molecule has 1 aromatic heterocycles. The molecule has 1 heterocycles. The van der Waals surface area contributed by atoms with Crippen LogP contribution in [0.4, 0.5) is 0 Å². The van der Waals surface area contributed by atoms with Crippen molar-refractivity contribution in [1.82, 2.24) is 14.5 Å². The molecule has 0 saturated heterocycles. The number of rotatable bonds is 9. The second-order valence-corrected chi connectivity index (χ2v) is 9.00. The largest absolute Gasteiger partial charge is 0.493 e. The summed E-state index contributed by atoms with van der Waals surface area (Å²) in [6, 6.07) is 17.3. The van der Waals surface area contributed by atoms with E-state index >= 15 is 0 Å². The first kappa shape index (κ1) is 26.0. The fourth-order valence-corrected chi connectivity index (χ4v) is 4.35. The minimum Gasteiger partial charge on any atom is -0.493 e. The zero-order chi connectivity index (χ0) is 26.5. The van der Waals surface area contributed by atoms with Crippen molar-refractivity contribution in [3.8, 4) is 11.5 Å². The van der Waals surface area contributed by atoms with Gasteiger partial charge in [-0.2, -0.15) is 0 Å². The van der Waals surface area contributed by atoms with Gasteiger partial charge in [0.1, 0.15) is 0 Å². The van der Waals surface area contributed by atoms with Crippen molar-refractivity contribution >= 4 is 28.4 Å². The van der Waals surface area contributed by atoms with E-state index in [4.69, 9.17) is 21.1 Å². The average molecular weight is 522 g/mol. The number of amides is 1. The van der Waals surface area contributed by atoms with Gasteiger partial charge in [0.2, 0.25) is 0 Å². The molecule has 0 radical (unpaired) electrons. The van der Waals surface area contributed by atoms with Crippen molar-refractivity contribution in [2.45, 2.75) is 26.4 Å². The summed E-state index contributed by atoms with van der Waals surface area (Å²) in [5, 5.41) is 3.69. The lowest BCUT2D eigenvalue weighted by molar-refractivity contribution is 0.0953. The summed E-state index contributed by atoms with van der Waals surface area (Å²) >= 11 is 6.18. The topological polar surface area (TPSA) is 91.6 Å². The average Bonchev–Trinajstić information content (AvgIpc) is 2.91. The number of carbonyl (C=O) groups is 1. The van der Waals surface area contributed by atoms with Gasteiger partial charge in [-0.05, 0) is 47.9 Å². The van der Waals surface area contributed by atoms with Crippen LogP contribution in [0.25, 0.3) is 10.9 Å². The molecule has 0 fully saturated rings. The molecule has 4 rings (SSSR count). The van der Waals surface area contributed by atoms with E-state index in [9.17, 15) is 14.4 Å². The summed E-state index contributed by atoms with van der Waals surface area (Å²) in [7, 11) is 2.99. The van der Waals surface area contributed by atoms with E-state index in [0.717, 1.165) is 12.0 Å². The molecule has 0 aliphatic heterocycles. The zero-order valence-corrected chi connectivity index (χ0v) is 21.7. The Balaban J connectivity index is 1.83. The fraction of sp³-hybridized carbons (Fsp3) is 0.250. The van der Waals surface area contributed by atoms with E-state index in [1.54, 1.807) is 48.5 Å². The summed E-state index contributed by atoms with van der Waals surface area (Å²) in [5.74, 6) is 0.624. The van der Waals surface area contributed by atoms with Crippen molar-refractivity contribution in [2.24, 2.45) is 0 Å². The van der Waals surface area contributed by atoms with Gasteiger partial charge < -0.3 is 14.8 Å². The highest BCUT2D eigenvalue weighted by Gasteiger charge is 2.18. The van der Waals surface area contributed by atoms with Crippen LogP contribution in [-0.4, -0.2) is 35.8 Å². The Labute approximate surface area is 219 Å². The number of methoxy groups -OCH3 is 2. The van der Waals surface area contributed by atoms with Crippen LogP contribution in [-0.2, 0) is 13.1 Å². The molecule has 4 aromatic rings. The quantitative estimate of drug-likeness (QED) is 0.358. The van der Waals surface area contributed by atoms with E-state index in [2.05, 4.69) is 5.32 Å². The van der Waals surface area contributed by atoms with E-state index in [-0.39, 0.29) is 19.0 Å². The summed E-state index contributed by atoms with van der Waals surface area (Å²) < 4.78 is 13.5. The lowest BCUT2D eigenvalue weighted by atomic mass is 10.1. The third-order valence-electron chi connectivity index (χ3n) is 6.05. The third kappa shape index (κ3) is 5.54. The molecule has 0 saturated carbocycles. The predicted molar refractivity (Wildman–Crippen MR) is 144 cm³/mol. The van der Waals surface area contributed by atoms with Gasteiger partial charge in [-0.3, -0.25) is 18.7 Å². The van der Waals surface area contributed by atoms with Crippen LogP contribution >= 0.6 is 11.6 Å². The molecule has 9 heteroatoms. The van der Waals surface area contributed by atoms with Crippen molar-refractivity contribution in [1.29, 1.82) is 0 Å². The molecule has 0 aliphatic rings. The second-order valence-electron chi connectivity index (χ2n) is 8.57. The Kier molecular flexibility index (Phi) is 7.98. The normalized spacial score (nSPS) is 10.9. The Morgan fingerprint density at radius 2 is 1.57 bits per heavy atom. The standard InChI is InChI=1S/C28H28ClN3O5/c1-4-12-30-26(33)20-10-8-18(9-11-20)16-32-27(34)22-14-24(36-2)25(37-3)15-23(22)31(28(32)35)17-19-6-5-7-21(29)13-19/h5-11,13-15H,4,12,16-17H2,1-3H3,(H,30,33). The van der Waals surface area contributed by atoms with Gasteiger partial charge in [0, 0.05) is 23.2 Å². The highest BCUT2D eigenvalue weighted by Crippen LogP contribution is 2.30. The molecule has 0 aliphatic carbocycles. The molecule has 1 N–H and O–H groups in total. The highest BCUT2D eigenvalue weighted by atomic mass is 35.5. The van der Waals surface area contributed by atoms with E-state index in [1.165, 1.54) is 23.4 Å². The molecule has 1 amide bonds. The Hall–Kier alpha value is -4.04. The Morgan fingerprint density at radius 3 is 2.22 bits per heavy atom. The van der Waals surface area contributed by atoms with Crippen LogP contribution in [0.15, 0.2) is 70.3 Å². The first-order valence-electron chi connectivity index (χ1n) is 11.9. The minimum atomic E-state index is -0.477. The highest BCUT2D eigenvalue weighted by molar-refractivity contribution is 6.30. The van der Waals surface area contributed by atoms with Gasteiger partial charge in [-0.25, -0.2) is 4.79 Å². The van der Waals surface area contributed by atoms with Crippen LogP contribution in [0, 0.1) is 0 Å². The van der Waals surface area contributed by atoms with Crippen molar-refractivity contribution in [3.63, 3.8) is 0 Å². The lowest BCUT2D eigenvalue weighted by Gasteiger charge is -2.17. The third-order valence-corrected chi connectivity index (χ3v) is 6.29. The first-order valence-corrected chi connectivity index (χ1v) is 12.2. The number of halogens is 1. The second kappa shape index (κ2) is 11.3. The number of nitrogens with one attached hydrogen (secondary N) is 1. The summed E-state index contributed by atoms with van der Waals surface area (Å²) in [6.45, 7) is 2.81. The first-order chi connectivity index (χ1) is 17.9. The molecular formula is C28H28ClN3O5. The van der Waals surface area contributed by atoms with Crippen LogP contribution < -0.4 is 26.0 Å². The van der Waals surface area contributed by atoms with Gasteiger partial charge in [0.25, 0.3) is 11.5 Å². The molecule has 37 heavy (non-hydrogen) atoms. The number of fused-ring (bicyclic) bond motifs is 1. The Bertz CT molecular complexity index is 1560. The number of ether oxygens (including phenoxy) is 2. The molecule has 8 nitrogen and oxygen atoms in total. The maximum atomic E-state index is 13.7. The summed E-state index contributed by atoms with van der Waals surface area (Å²) in [4.78, 5) is 39.5. The molecule has 0 bridgehead atoms. The maximum absolute atomic E-state index is 13.7. The molecule has 0 spiro atoms. The van der Waals surface area contributed by atoms with E-state index in [1.807, 2.05) is 19.1 Å². The molecule has 0 atom stereocenters.